The minimum absolute atomic E-state index is 0.545. The van der Waals surface area contributed by atoms with Crippen LogP contribution in [0.2, 0.25) is 0 Å². The van der Waals surface area contributed by atoms with Gasteiger partial charge >= 0.3 is 0 Å². The van der Waals surface area contributed by atoms with Crippen LogP contribution in [0.5, 0.6) is 11.5 Å². The smallest absolute Gasteiger partial charge is 0.132 e. The summed E-state index contributed by atoms with van der Waals surface area (Å²) in [5.74, 6) is 1.79. The number of para-hydroxylation sites is 3. The molecule has 13 aromatic carbocycles. The van der Waals surface area contributed by atoms with E-state index in [0.29, 0.717) is 0 Å². The van der Waals surface area contributed by atoms with E-state index in [1.54, 1.807) is 0 Å². The molecule has 0 unspecified atom stereocenters. The molecule has 1 spiro atoms. The molecule has 0 bridgehead atoms. The summed E-state index contributed by atoms with van der Waals surface area (Å²) < 4.78 is 6.66. The number of ether oxygens (including phenoxy) is 1. The van der Waals surface area contributed by atoms with Gasteiger partial charge in [-0.25, -0.2) is 0 Å². The van der Waals surface area contributed by atoms with E-state index in [1.165, 1.54) is 72.0 Å². The minimum atomic E-state index is -0.545. The Kier molecular flexibility index (Phi) is 11.1. The van der Waals surface area contributed by atoms with Crippen LogP contribution in [0.1, 0.15) is 22.3 Å². The summed E-state index contributed by atoms with van der Waals surface area (Å²) in [6, 6.07) is 113. The van der Waals surface area contributed by atoms with Gasteiger partial charge in [0, 0.05) is 28.1 Å². The van der Waals surface area contributed by atoms with Gasteiger partial charge in [0.2, 0.25) is 0 Å². The maximum Gasteiger partial charge on any atom is 0.132 e. The summed E-state index contributed by atoms with van der Waals surface area (Å²) in [5, 5.41) is 2.51. The second kappa shape index (κ2) is 19.1. The number of nitrogens with zero attached hydrogens (tertiary/aromatic N) is 1. The molecule has 0 aromatic heterocycles. The molecule has 370 valence electrons. The van der Waals surface area contributed by atoms with E-state index < -0.39 is 5.41 Å². The Morgan fingerprint density at radius 1 is 0.241 bits per heavy atom. The Bertz CT molecular complexity index is 4390. The molecular weight excluding hydrogens is 955 g/mol. The number of anilines is 3. The first-order valence-corrected chi connectivity index (χ1v) is 27.2. The molecule has 2 nitrogen and oxygen atoms in total. The van der Waals surface area contributed by atoms with Crippen molar-refractivity contribution in [3.05, 3.63) is 332 Å². The number of benzene rings is 13. The predicted molar refractivity (Wildman–Crippen MR) is 329 cm³/mol. The Labute approximate surface area is 461 Å². The summed E-state index contributed by atoms with van der Waals surface area (Å²) >= 11 is 0. The number of hydrogen-bond donors (Lipinski definition) is 0. The van der Waals surface area contributed by atoms with Crippen molar-refractivity contribution in [2.24, 2.45) is 0 Å². The molecule has 2 heteroatoms. The largest absolute Gasteiger partial charge is 0.457 e. The Morgan fingerprint density at radius 2 is 0.658 bits per heavy atom. The van der Waals surface area contributed by atoms with E-state index >= 15 is 0 Å². The van der Waals surface area contributed by atoms with Gasteiger partial charge < -0.3 is 9.64 Å². The normalized spacial score (nSPS) is 12.5. The van der Waals surface area contributed by atoms with Gasteiger partial charge in [-0.05, 0) is 143 Å². The molecule has 1 aliphatic carbocycles. The van der Waals surface area contributed by atoms with Crippen molar-refractivity contribution < 1.29 is 4.74 Å². The summed E-state index contributed by atoms with van der Waals surface area (Å²) in [7, 11) is 0. The molecule has 1 heterocycles. The lowest BCUT2D eigenvalue weighted by Crippen LogP contribution is -2.32. The van der Waals surface area contributed by atoms with Gasteiger partial charge in [-0.15, -0.1) is 0 Å². The fourth-order valence-corrected chi connectivity index (χ4v) is 12.8. The van der Waals surface area contributed by atoms with Crippen molar-refractivity contribution >= 4 is 27.8 Å². The molecule has 0 radical (unpaired) electrons. The highest BCUT2D eigenvalue weighted by Gasteiger charge is 2.51. The lowest BCUT2D eigenvalue weighted by Gasteiger charge is -2.39. The van der Waals surface area contributed by atoms with Crippen LogP contribution < -0.4 is 9.64 Å². The number of fused-ring (bicyclic) bond motifs is 10. The summed E-state index contributed by atoms with van der Waals surface area (Å²) in [5.41, 5.74) is 24.2. The second-order valence-corrected chi connectivity index (χ2v) is 20.7. The van der Waals surface area contributed by atoms with Crippen molar-refractivity contribution in [2.75, 3.05) is 4.90 Å². The van der Waals surface area contributed by atoms with E-state index in [1.807, 2.05) is 0 Å². The van der Waals surface area contributed by atoms with Gasteiger partial charge in [-0.1, -0.05) is 261 Å². The van der Waals surface area contributed by atoms with E-state index in [-0.39, 0.29) is 0 Å². The maximum absolute atomic E-state index is 6.66. The fourth-order valence-electron chi connectivity index (χ4n) is 12.8. The van der Waals surface area contributed by atoms with Crippen molar-refractivity contribution in [1.29, 1.82) is 0 Å². The number of rotatable bonds is 9. The first kappa shape index (κ1) is 46.1. The van der Waals surface area contributed by atoms with E-state index in [4.69, 9.17) is 4.74 Å². The third-order valence-corrected chi connectivity index (χ3v) is 16.4. The van der Waals surface area contributed by atoms with Crippen molar-refractivity contribution in [1.82, 2.24) is 0 Å². The topological polar surface area (TPSA) is 12.5 Å². The average Bonchev–Trinajstić information content (AvgIpc) is 3.90. The highest BCUT2D eigenvalue weighted by atomic mass is 16.5. The molecule has 1 aliphatic heterocycles. The Balaban J connectivity index is 0.852. The molecule has 2 aliphatic rings. The minimum Gasteiger partial charge on any atom is -0.457 e. The maximum atomic E-state index is 6.66. The number of hydrogen-bond acceptors (Lipinski definition) is 2. The van der Waals surface area contributed by atoms with E-state index in [2.05, 4.69) is 314 Å². The lowest BCUT2D eigenvalue weighted by molar-refractivity contribution is 0.436. The highest BCUT2D eigenvalue weighted by molar-refractivity contribution is 5.99. The molecule has 0 saturated carbocycles. The zero-order valence-corrected chi connectivity index (χ0v) is 43.3. The van der Waals surface area contributed by atoms with Gasteiger partial charge in [0.1, 0.15) is 11.5 Å². The molecule has 13 aromatic rings. The first-order chi connectivity index (χ1) is 39.2. The summed E-state index contributed by atoms with van der Waals surface area (Å²) in [4.78, 5) is 2.43. The molecular formula is C77H51NO. The molecule has 0 atom stereocenters. The highest BCUT2D eigenvalue weighted by Crippen LogP contribution is 2.62. The summed E-state index contributed by atoms with van der Waals surface area (Å²) in [6.45, 7) is 0. The molecule has 0 saturated heterocycles. The first-order valence-electron chi connectivity index (χ1n) is 27.2. The zero-order chi connectivity index (χ0) is 52.3. The van der Waals surface area contributed by atoms with Crippen molar-refractivity contribution in [3.8, 4) is 89.4 Å². The van der Waals surface area contributed by atoms with E-state index in [0.717, 1.165) is 67.5 Å². The Hall–Kier alpha value is -10.3. The SMILES string of the molecule is c1ccc(-c2ccccc2-c2ccccc2-c2ccccc2N(c2ccc(-c3ccc(-c4cccc5ccccc45)cc3)cc2)c2ccc(-c3ccc4c(c3)C3(c5ccccc5Oc5ccccc53)c3ccccc3-4)cc2)cc1. The monoisotopic (exact) mass is 1010 g/mol. The van der Waals surface area contributed by atoms with Gasteiger partial charge in [0.15, 0.2) is 0 Å². The van der Waals surface area contributed by atoms with Crippen LogP contribution in [-0.4, -0.2) is 0 Å². The van der Waals surface area contributed by atoms with Crippen LogP contribution in [0.15, 0.2) is 309 Å². The van der Waals surface area contributed by atoms with Crippen LogP contribution in [0.4, 0.5) is 17.1 Å². The second-order valence-electron chi connectivity index (χ2n) is 20.7. The Morgan fingerprint density at radius 3 is 1.33 bits per heavy atom. The molecule has 0 N–H and O–H groups in total. The van der Waals surface area contributed by atoms with Gasteiger partial charge in [0.25, 0.3) is 0 Å². The van der Waals surface area contributed by atoms with Gasteiger partial charge in [-0.2, -0.15) is 0 Å². The molecule has 0 fully saturated rings. The van der Waals surface area contributed by atoms with Gasteiger partial charge in [-0.3, -0.25) is 0 Å². The standard InChI is InChI=1S/C77H51NO/c1-2-19-55(20-3-1)63-24-6-7-25-64(63)65-26-8-9-27-66(65)69-29-11-15-34-74(69)78(59-46-41-53(42-47-59)52-37-39-57(40-38-52)62-30-18-22-56-21-4-5-23-61(56)62)60-48-43-54(44-49-60)58-45-50-68-67-28-10-12-31-70(67)77(73(68)51-58)71-32-13-16-35-75(71)79-76-36-17-14-33-72(76)77/h1-51H. The third kappa shape index (κ3) is 7.64. The van der Waals surface area contributed by atoms with Crippen LogP contribution in [0, 0.1) is 0 Å². The zero-order valence-electron chi connectivity index (χ0n) is 43.3. The lowest BCUT2D eigenvalue weighted by atomic mass is 9.66. The third-order valence-electron chi connectivity index (χ3n) is 16.4. The van der Waals surface area contributed by atoms with E-state index in [9.17, 15) is 0 Å². The quantitative estimate of drug-likeness (QED) is 0.143. The average molecular weight is 1010 g/mol. The van der Waals surface area contributed by atoms with Crippen LogP contribution in [0.3, 0.4) is 0 Å². The van der Waals surface area contributed by atoms with Gasteiger partial charge in [0.05, 0.1) is 11.1 Å². The molecule has 0 amide bonds. The molecule has 79 heavy (non-hydrogen) atoms. The van der Waals surface area contributed by atoms with Crippen LogP contribution >= 0.6 is 0 Å². The summed E-state index contributed by atoms with van der Waals surface area (Å²) in [6.07, 6.45) is 0. The fraction of sp³-hybridized carbons (Fsp3) is 0.0130. The molecule has 15 rings (SSSR count). The van der Waals surface area contributed by atoms with Crippen LogP contribution in [0.25, 0.3) is 88.7 Å². The van der Waals surface area contributed by atoms with Crippen molar-refractivity contribution in [2.45, 2.75) is 5.41 Å². The van der Waals surface area contributed by atoms with Crippen LogP contribution in [-0.2, 0) is 5.41 Å². The predicted octanol–water partition coefficient (Wildman–Crippen LogP) is 20.8. The van der Waals surface area contributed by atoms with Crippen molar-refractivity contribution in [3.63, 3.8) is 0 Å².